The van der Waals surface area contributed by atoms with Crippen LogP contribution in [0.15, 0.2) is 59.7 Å². The maximum atomic E-state index is 15.3. The molecule has 3 aliphatic heterocycles. The average Bonchev–Trinajstić information content (AvgIpc) is 3.20. The van der Waals surface area contributed by atoms with Gasteiger partial charge in [-0.25, -0.2) is 5.01 Å². The van der Waals surface area contributed by atoms with Gasteiger partial charge in [-0.05, 0) is 47.9 Å². The Hall–Kier alpha value is -2.69. The topological polar surface area (TPSA) is 74.7 Å². The minimum absolute atomic E-state index is 0.0825. The minimum Gasteiger partial charge on any atom is -0.383 e. The molecule has 1 spiro atoms. The fourth-order valence-electron chi connectivity index (χ4n) is 6.73. The first-order valence-corrected chi connectivity index (χ1v) is 19.6. The first kappa shape index (κ1) is 32.7. The predicted molar refractivity (Wildman–Crippen MR) is 179 cm³/mol. The second kappa shape index (κ2) is 13.0. The van der Waals surface area contributed by atoms with E-state index in [2.05, 4.69) is 26.2 Å². The van der Waals surface area contributed by atoms with Crippen LogP contribution in [0.4, 0.5) is 5.69 Å². The number of fused-ring (bicyclic) bond motifs is 3. The molecule has 236 valence electrons. The Morgan fingerprint density at radius 3 is 2.55 bits per heavy atom. The zero-order valence-electron chi connectivity index (χ0n) is 26.2. The molecule has 2 aromatic carbocycles. The van der Waals surface area contributed by atoms with Crippen LogP contribution in [0.3, 0.4) is 0 Å². The van der Waals surface area contributed by atoms with Crippen LogP contribution in [0.2, 0.25) is 35.7 Å². The lowest BCUT2D eigenvalue weighted by Gasteiger charge is -2.54. The van der Waals surface area contributed by atoms with Crippen molar-refractivity contribution >= 4 is 54.6 Å². The van der Waals surface area contributed by atoms with Crippen molar-refractivity contribution in [3.05, 3.63) is 75.8 Å². The normalized spacial score (nSPS) is 23.2. The molecule has 0 aliphatic carbocycles. The van der Waals surface area contributed by atoms with Crippen LogP contribution in [0.25, 0.3) is 0 Å². The number of hydrazone groups is 1. The SMILES string of the molecule is C=C(CC)[C@H]1N2CC(=O)N(CCOC)N=C2C[C@@H](c2cccc(Cl)c2)[C@]12C(=O)N(COCC[Si](C)(C)C)c1cc(Cl)ccc12. The van der Waals surface area contributed by atoms with Crippen molar-refractivity contribution in [1.29, 1.82) is 0 Å². The summed E-state index contributed by atoms with van der Waals surface area (Å²) < 4.78 is 11.4. The van der Waals surface area contributed by atoms with E-state index in [0.29, 0.717) is 42.6 Å². The number of amides is 2. The summed E-state index contributed by atoms with van der Waals surface area (Å²) in [6.45, 7) is 14.9. The third kappa shape index (κ3) is 5.97. The summed E-state index contributed by atoms with van der Waals surface area (Å²) in [6, 6.07) is 13.8. The van der Waals surface area contributed by atoms with Gasteiger partial charge in [-0.1, -0.05) is 80.1 Å². The van der Waals surface area contributed by atoms with Gasteiger partial charge >= 0.3 is 0 Å². The lowest BCUT2D eigenvalue weighted by molar-refractivity contribution is -0.137. The first-order valence-electron chi connectivity index (χ1n) is 15.2. The van der Waals surface area contributed by atoms with Crippen LogP contribution in [0.5, 0.6) is 0 Å². The molecular weight excluding hydrogens is 615 g/mol. The lowest BCUT2D eigenvalue weighted by Crippen LogP contribution is -2.67. The predicted octanol–water partition coefficient (Wildman–Crippen LogP) is 6.52. The van der Waals surface area contributed by atoms with Crippen LogP contribution < -0.4 is 4.90 Å². The number of hydrogen-bond donors (Lipinski definition) is 0. The third-order valence-electron chi connectivity index (χ3n) is 8.95. The van der Waals surface area contributed by atoms with Crippen molar-refractivity contribution in [2.45, 2.75) is 62.8 Å². The number of rotatable bonds is 11. The third-order valence-corrected chi connectivity index (χ3v) is 11.1. The molecule has 5 rings (SSSR count). The average molecular weight is 658 g/mol. The Labute approximate surface area is 271 Å². The van der Waals surface area contributed by atoms with Crippen molar-refractivity contribution in [2.24, 2.45) is 5.10 Å². The molecule has 1 fully saturated rings. The maximum absolute atomic E-state index is 15.3. The highest BCUT2D eigenvalue weighted by Gasteiger charge is 2.65. The van der Waals surface area contributed by atoms with E-state index in [1.807, 2.05) is 54.3 Å². The fraction of sp³-hybridized carbons (Fsp3) is 0.485. The number of carbonyl (C=O) groups excluding carboxylic acids is 2. The van der Waals surface area contributed by atoms with Crippen LogP contribution in [0, 0.1) is 0 Å². The molecule has 11 heteroatoms. The van der Waals surface area contributed by atoms with Gasteiger partial charge in [0.25, 0.3) is 5.91 Å². The second-order valence-electron chi connectivity index (χ2n) is 13.0. The highest BCUT2D eigenvalue weighted by Crippen LogP contribution is 2.59. The van der Waals surface area contributed by atoms with E-state index in [-0.39, 0.29) is 31.0 Å². The van der Waals surface area contributed by atoms with Gasteiger partial charge in [0.2, 0.25) is 5.91 Å². The van der Waals surface area contributed by atoms with Crippen molar-refractivity contribution < 1.29 is 19.1 Å². The molecule has 0 unspecified atom stereocenters. The number of piperidine rings is 1. The van der Waals surface area contributed by atoms with Crippen molar-refractivity contribution in [1.82, 2.24) is 9.91 Å². The summed E-state index contributed by atoms with van der Waals surface area (Å²) in [7, 11) is 0.262. The molecule has 0 aromatic heterocycles. The Bertz CT molecular complexity index is 1480. The summed E-state index contributed by atoms with van der Waals surface area (Å²) in [5.41, 5.74) is 2.21. The molecule has 3 aliphatic rings. The summed E-state index contributed by atoms with van der Waals surface area (Å²) >= 11 is 13.1. The van der Waals surface area contributed by atoms with Crippen LogP contribution >= 0.6 is 23.2 Å². The molecule has 3 atom stereocenters. The monoisotopic (exact) mass is 656 g/mol. The Kier molecular flexibility index (Phi) is 9.63. The molecule has 1 saturated heterocycles. The number of amidine groups is 1. The van der Waals surface area contributed by atoms with Gasteiger partial charge in [0.05, 0.1) is 24.9 Å². The molecular formula is C33H42Cl2N4O4Si. The van der Waals surface area contributed by atoms with Gasteiger partial charge in [0.15, 0.2) is 0 Å². The van der Waals surface area contributed by atoms with Crippen LogP contribution in [0.1, 0.15) is 36.8 Å². The smallest absolute Gasteiger partial charge is 0.262 e. The largest absolute Gasteiger partial charge is 0.383 e. The van der Waals surface area contributed by atoms with Gasteiger partial charge < -0.3 is 14.4 Å². The minimum atomic E-state index is -1.34. The van der Waals surface area contributed by atoms with Crippen LogP contribution in [-0.4, -0.2) is 81.8 Å². The molecule has 0 bridgehead atoms. The quantitative estimate of drug-likeness (QED) is 0.156. The van der Waals surface area contributed by atoms with Crippen LogP contribution in [-0.2, 0) is 24.5 Å². The number of ether oxygens (including phenoxy) is 2. The Morgan fingerprint density at radius 2 is 1.86 bits per heavy atom. The molecule has 2 aromatic rings. The zero-order chi connectivity index (χ0) is 31.8. The fourth-order valence-corrected chi connectivity index (χ4v) is 7.85. The highest BCUT2D eigenvalue weighted by molar-refractivity contribution is 6.76. The van der Waals surface area contributed by atoms with Gasteiger partial charge in [-0.3, -0.25) is 14.5 Å². The summed E-state index contributed by atoms with van der Waals surface area (Å²) in [5, 5.41) is 7.45. The standard InChI is InChI=1S/C33H42Cl2N4O4Si/c1-7-22(2)31-33(26-12-11-25(35)18-28(26)38(32(33)41)21-43-15-16-44(4,5)6)27(23-9-8-10-24(34)17-23)19-29-36-39(13-14-42-3)30(40)20-37(29)31/h8-12,17-18,27,31H,2,7,13-16,19-21H2,1,3-6H3/t27-,31+,33-/m0/s1. The molecule has 0 N–H and O–H groups in total. The molecule has 2 amide bonds. The van der Waals surface area contributed by atoms with E-state index in [9.17, 15) is 4.79 Å². The number of methoxy groups -OCH3 is 1. The van der Waals surface area contributed by atoms with Crippen molar-refractivity contribution in [3.63, 3.8) is 0 Å². The summed E-state index contributed by atoms with van der Waals surface area (Å²) in [4.78, 5) is 32.4. The summed E-state index contributed by atoms with van der Waals surface area (Å²) in [6.07, 6.45) is 1.03. The molecule has 0 saturated carbocycles. The van der Waals surface area contributed by atoms with E-state index in [4.69, 9.17) is 37.8 Å². The molecule has 44 heavy (non-hydrogen) atoms. The van der Waals surface area contributed by atoms with E-state index in [1.54, 1.807) is 12.0 Å². The number of benzene rings is 2. The van der Waals surface area contributed by atoms with Gasteiger partial charge in [-0.2, -0.15) is 5.10 Å². The number of carbonyl (C=O) groups is 2. The van der Waals surface area contributed by atoms with Gasteiger partial charge in [0.1, 0.15) is 24.5 Å². The number of anilines is 1. The molecule has 3 heterocycles. The summed E-state index contributed by atoms with van der Waals surface area (Å²) in [5.74, 6) is 0.135. The van der Waals surface area contributed by atoms with E-state index in [1.165, 1.54) is 5.01 Å². The van der Waals surface area contributed by atoms with Gasteiger partial charge in [-0.15, -0.1) is 0 Å². The number of hydrogen-bond acceptors (Lipinski definition) is 6. The Morgan fingerprint density at radius 1 is 1.11 bits per heavy atom. The van der Waals surface area contributed by atoms with E-state index in [0.717, 1.165) is 34.3 Å². The lowest BCUT2D eigenvalue weighted by atomic mass is 9.58. The van der Waals surface area contributed by atoms with E-state index < -0.39 is 19.5 Å². The number of halogens is 2. The van der Waals surface area contributed by atoms with Crippen molar-refractivity contribution in [3.8, 4) is 0 Å². The first-order chi connectivity index (χ1) is 20.9. The maximum Gasteiger partial charge on any atom is 0.262 e. The molecule has 0 radical (unpaired) electrons. The highest BCUT2D eigenvalue weighted by atomic mass is 35.5. The van der Waals surface area contributed by atoms with Crippen molar-refractivity contribution in [2.75, 3.05) is 45.0 Å². The zero-order valence-corrected chi connectivity index (χ0v) is 28.7. The Balaban J connectivity index is 1.70. The number of nitrogens with zero attached hydrogens (tertiary/aromatic N) is 4. The van der Waals surface area contributed by atoms with E-state index >= 15 is 4.79 Å². The molecule has 8 nitrogen and oxygen atoms in total. The van der Waals surface area contributed by atoms with Gasteiger partial charge in [0, 0.05) is 44.2 Å². The second-order valence-corrected chi connectivity index (χ2v) is 19.5.